The maximum atomic E-state index is 5.73. The molecule has 1 aliphatic heterocycles. The van der Waals surface area contributed by atoms with E-state index in [1.54, 1.807) is 0 Å². The predicted octanol–water partition coefficient (Wildman–Crippen LogP) is 3.99. The molecule has 0 amide bonds. The van der Waals surface area contributed by atoms with Crippen LogP contribution >= 0.6 is 35.7 Å². The first-order chi connectivity index (χ1) is 11.3. The molecular weight excluding hydrogens is 437 g/mol. The molecule has 2 rings (SSSR count). The number of nitrogens with one attached hydrogen (secondary N) is 2. The third-order valence-corrected chi connectivity index (χ3v) is 4.08. The summed E-state index contributed by atoms with van der Waals surface area (Å²) in [5, 5.41) is 6.62. The summed E-state index contributed by atoms with van der Waals surface area (Å²) in [4.78, 5) is 4.62. The van der Waals surface area contributed by atoms with Gasteiger partial charge < -0.3 is 20.1 Å². The van der Waals surface area contributed by atoms with Gasteiger partial charge in [-0.3, -0.25) is 4.99 Å². The molecule has 1 aliphatic rings. The molecule has 0 bridgehead atoms. The summed E-state index contributed by atoms with van der Waals surface area (Å²) in [7, 11) is 0. The zero-order valence-electron chi connectivity index (χ0n) is 14.5. The highest BCUT2D eigenvalue weighted by atomic mass is 127. The molecule has 1 aromatic carbocycles. The molecule has 0 fully saturated rings. The molecule has 2 N–H and O–H groups in total. The number of benzene rings is 1. The van der Waals surface area contributed by atoms with E-state index in [2.05, 4.69) is 28.8 Å². The van der Waals surface area contributed by atoms with E-state index in [0.29, 0.717) is 13.2 Å². The van der Waals surface area contributed by atoms with Crippen molar-refractivity contribution in [3.8, 4) is 11.5 Å². The van der Waals surface area contributed by atoms with Crippen molar-refractivity contribution in [1.82, 2.24) is 5.32 Å². The first-order valence-corrected chi connectivity index (χ1v) is 9.66. The van der Waals surface area contributed by atoms with E-state index in [1.165, 1.54) is 12.2 Å². The summed E-state index contributed by atoms with van der Waals surface area (Å²) in [6, 6.07) is 5.92. The topological polar surface area (TPSA) is 54.9 Å². The predicted molar refractivity (Wildman–Crippen MR) is 115 cm³/mol. The van der Waals surface area contributed by atoms with Crippen LogP contribution < -0.4 is 20.1 Å². The Labute approximate surface area is 166 Å². The van der Waals surface area contributed by atoms with Crippen LogP contribution in [0.1, 0.15) is 26.2 Å². The Morgan fingerprint density at radius 3 is 2.75 bits per heavy atom. The highest BCUT2D eigenvalue weighted by Gasteiger charge is 2.11. The van der Waals surface area contributed by atoms with E-state index in [0.717, 1.165) is 49.1 Å². The highest BCUT2D eigenvalue weighted by molar-refractivity contribution is 14.0. The van der Waals surface area contributed by atoms with Crippen LogP contribution in [0.3, 0.4) is 0 Å². The van der Waals surface area contributed by atoms with Crippen molar-refractivity contribution in [1.29, 1.82) is 0 Å². The fourth-order valence-electron chi connectivity index (χ4n) is 2.23. The summed E-state index contributed by atoms with van der Waals surface area (Å²) < 4.78 is 11.4. The number of ether oxygens (including phenoxy) is 2. The van der Waals surface area contributed by atoms with Crippen molar-refractivity contribution < 1.29 is 9.47 Å². The van der Waals surface area contributed by atoms with E-state index < -0.39 is 0 Å². The van der Waals surface area contributed by atoms with Crippen LogP contribution in [0.25, 0.3) is 0 Å². The van der Waals surface area contributed by atoms with Crippen LogP contribution in [0, 0.1) is 0 Å². The molecule has 1 heterocycles. The molecule has 7 heteroatoms. The Balaban J connectivity index is 0.00000288. The van der Waals surface area contributed by atoms with Gasteiger partial charge in [0.1, 0.15) is 0 Å². The first-order valence-electron chi connectivity index (χ1n) is 8.27. The smallest absolute Gasteiger partial charge is 0.195 e. The quantitative estimate of drug-likeness (QED) is 0.276. The SMILES string of the molecule is CCNC(=NCCCCSC)Nc1ccc2c(c1)OCCCO2.I. The van der Waals surface area contributed by atoms with Crippen LogP contribution in [0.4, 0.5) is 5.69 Å². The molecule has 136 valence electrons. The fourth-order valence-corrected chi connectivity index (χ4v) is 2.73. The summed E-state index contributed by atoms with van der Waals surface area (Å²) in [6.45, 7) is 5.14. The van der Waals surface area contributed by atoms with Crippen molar-refractivity contribution >= 4 is 47.4 Å². The van der Waals surface area contributed by atoms with Gasteiger partial charge in [0.2, 0.25) is 0 Å². The average Bonchev–Trinajstić information content (AvgIpc) is 2.79. The van der Waals surface area contributed by atoms with Gasteiger partial charge in [-0.25, -0.2) is 0 Å². The number of hydrogen-bond acceptors (Lipinski definition) is 4. The Hall–Kier alpha value is -0.830. The largest absolute Gasteiger partial charge is 0.490 e. The zero-order valence-corrected chi connectivity index (χ0v) is 17.6. The summed E-state index contributed by atoms with van der Waals surface area (Å²) >= 11 is 1.88. The number of thioether (sulfide) groups is 1. The van der Waals surface area contributed by atoms with Gasteiger partial charge in [0.25, 0.3) is 0 Å². The van der Waals surface area contributed by atoms with Crippen molar-refractivity contribution in [3.63, 3.8) is 0 Å². The van der Waals surface area contributed by atoms with Gasteiger partial charge in [0.15, 0.2) is 17.5 Å². The second kappa shape index (κ2) is 12.5. The number of fused-ring (bicyclic) bond motifs is 1. The fraction of sp³-hybridized carbons (Fsp3) is 0.588. The summed E-state index contributed by atoms with van der Waals surface area (Å²) in [6.07, 6.45) is 5.36. The van der Waals surface area contributed by atoms with E-state index in [-0.39, 0.29) is 24.0 Å². The molecule has 0 saturated carbocycles. The lowest BCUT2D eigenvalue weighted by Crippen LogP contribution is -2.30. The Kier molecular flexibility index (Phi) is 11.1. The van der Waals surface area contributed by atoms with Gasteiger partial charge >= 0.3 is 0 Å². The molecule has 0 radical (unpaired) electrons. The summed E-state index contributed by atoms with van der Waals surface area (Å²) in [5.41, 5.74) is 0.957. The van der Waals surface area contributed by atoms with E-state index in [1.807, 2.05) is 30.0 Å². The summed E-state index contributed by atoms with van der Waals surface area (Å²) in [5.74, 6) is 3.61. The van der Waals surface area contributed by atoms with Crippen molar-refractivity contribution in [2.75, 3.05) is 43.6 Å². The minimum atomic E-state index is 0. The lowest BCUT2D eigenvalue weighted by molar-refractivity contribution is 0.297. The van der Waals surface area contributed by atoms with Gasteiger partial charge in [-0.15, -0.1) is 24.0 Å². The minimum absolute atomic E-state index is 0. The van der Waals surface area contributed by atoms with E-state index >= 15 is 0 Å². The van der Waals surface area contributed by atoms with Crippen LogP contribution in [0.15, 0.2) is 23.2 Å². The number of guanidine groups is 1. The Bertz CT molecular complexity index is 515. The molecule has 0 atom stereocenters. The number of aliphatic imine (C=N–C) groups is 1. The molecule has 24 heavy (non-hydrogen) atoms. The van der Waals surface area contributed by atoms with Gasteiger partial charge in [0, 0.05) is 31.3 Å². The number of unbranched alkanes of at least 4 members (excludes halogenated alkanes) is 1. The molecule has 5 nitrogen and oxygen atoms in total. The number of hydrogen-bond donors (Lipinski definition) is 2. The van der Waals surface area contributed by atoms with Crippen LogP contribution in [0.5, 0.6) is 11.5 Å². The van der Waals surface area contributed by atoms with E-state index in [4.69, 9.17) is 9.47 Å². The second-order valence-electron chi connectivity index (χ2n) is 5.30. The standard InChI is InChI=1S/C17H27N3O2S.HI/c1-3-18-17(19-9-4-5-12-23-2)20-14-7-8-15-16(13-14)22-11-6-10-21-15;/h7-8,13H,3-6,9-12H2,1-2H3,(H2,18,19,20);1H. The van der Waals surface area contributed by atoms with Gasteiger partial charge in [-0.05, 0) is 43.9 Å². The molecular formula is C17H28IN3O2S. The molecule has 0 spiro atoms. The molecule has 0 unspecified atom stereocenters. The van der Waals surface area contributed by atoms with Crippen molar-refractivity contribution in [3.05, 3.63) is 18.2 Å². The Morgan fingerprint density at radius 2 is 2.00 bits per heavy atom. The number of rotatable bonds is 7. The normalized spacial score (nSPS) is 13.7. The molecule has 1 aromatic rings. The number of halogens is 1. The van der Waals surface area contributed by atoms with Crippen LogP contribution in [0.2, 0.25) is 0 Å². The maximum Gasteiger partial charge on any atom is 0.195 e. The van der Waals surface area contributed by atoms with Gasteiger partial charge in [0.05, 0.1) is 13.2 Å². The first kappa shape index (κ1) is 21.2. The zero-order chi connectivity index (χ0) is 16.3. The molecule has 0 aromatic heterocycles. The second-order valence-corrected chi connectivity index (χ2v) is 6.28. The lowest BCUT2D eigenvalue weighted by atomic mass is 10.2. The van der Waals surface area contributed by atoms with Gasteiger partial charge in [-0.1, -0.05) is 0 Å². The monoisotopic (exact) mass is 465 g/mol. The lowest BCUT2D eigenvalue weighted by Gasteiger charge is -2.13. The van der Waals surface area contributed by atoms with Crippen LogP contribution in [-0.2, 0) is 0 Å². The number of anilines is 1. The third kappa shape index (κ3) is 7.38. The number of nitrogens with zero attached hydrogens (tertiary/aromatic N) is 1. The highest BCUT2D eigenvalue weighted by Crippen LogP contribution is 2.32. The third-order valence-electron chi connectivity index (χ3n) is 3.38. The van der Waals surface area contributed by atoms with Crippen molar-refractivity contribution in [2.45, 2.75) is 26.2 Å². The van der Waals surface area contributed by atoms with Crippen LogP contribution in [-0.4, -0.2) is 44.3 Å². The van der Waals surface area contributed by atoms with E-state index in [9.17, 15) is 0 Å². The minimum Gasteiger partial charge on any atom is -0.490 e. The van der Waals surface area contributed by atoms with Crippen molar-refractivity contribution in [2.24, 2.45) is 4.99 Å². The Morgan fingerprint density at radius 1 is 1.21 bits per heavy atom. The molecule has 0 aliphatic carbocycles. The van der Waals surface area contributed by atoms with Gasteiger partial charge in [-0.2, -0.15) is 11.8 Å². The maximum absolute atomic E-state index is 5.73. The molecule has 0 saturated heterocycles. The average molecular weight is 465 g/mol.